The summed E-state index contributed by atoms with van der Waals surface area (Å²) in [6, 6.07) is 0. The quantitative estimate of drug-likeness (QED) is 0.657. The van der Waals surface area contributed by atoms with Crippen LogP contribution in [0.3, 0.4) is 0 Å². The van der Waals surface area contributed by atoms with E-state index in [1.54, 1.807) is 23.3 Å². The number of rotatable bonds is 5. The molecule has 5 heteroatoms. The third-order valence-corrected chi connectivity index (χ3v) is 2.08. The van der Waals surface area contributed by atoms with Gasteiger partial charge in [0, 0.05) is 18.7 Å². The summed E-state index contributed by atoms with van der Waals surface area (Å²) in [5.74, 6) is -0.145. The lowest BCUT2D eigenvalue weighted by atomic mass is 10.1. The van der Waals surface area contributed by atoms with Gasteiger partial charge < -0.3 is 15.3 Å². The molecule has 0 spiro atoms. The number of carbonyl (C=O) groups is 2. The number of carbonyl (C=O) groups excluding carboxylic acids is 2. The first-order valence-electron chi connectivity index (χ1n) is 5.13. The van der Waals surface area contributed by atoms with Crippen LogP contribution in [-0.4, -0.2) is 47.9 Å². The zero-order valence-corrected chi connectivity index (χ0v) is 9.27. The maximum atomic E-state index is 11.6. The second-order valence-corrected chi connectivity index (χ2v) is 3.62. The monoisotopic (exact) mass is 224 g/mol. The number of aliphatic hydroxyl groups excluding tert-OH is 1. The molecule has 0 bridgehead atoms. The predicted molar refractivity (Wildman–Crippen MR) is 59.6 cm³/mol. The number of hydrogen-bond acceptors (Lipinski definition) is 4. The first kappa shape index (κ1) is 12.4. The Morgan fingerprint density at radius 3 is 2.94 bits per heavy atom. The molecular weight excluding hydrogens is 208 g/mol. The molecule has 1 aliphatic heterocycles. The molecule has 1 heterocycles. The highest BCUT2D eigenvalue weighted by molar-refractivity contribution is 5.94. The van der Waals surface area contributed by atoms with Crippen LogP contribution < -0.4 is 5.32 Å². The van der Waals surface area contributed by atoms with Crippen molar-refractivity contribution in [2.75, 3.05) is 26.2 Å². The first-order chi connectivity index (χ1) is 7.63. The van der Waals surface area contributed by atoms with Gasteiger partial charge in [0.1, 0.15) is 5.78 Å². The van der Waals surface area contributed by atoms with Crippen LogP contribution in [0.25, 0.3) is 0 Å². The minimum Gasteiger partial charge on any atom is -0.395 e. The number of amides is 1. The summed E-state index contributed by atoms with van der Waals surface area (Å²) in [5.41, 5.74) is 0.595. The van der Waals surface area contributed by atoms with Crippen molar-refractivity contribution in [2.24, 2.45) is 0 Å². The molecule has 16 heavy (non-hydrogen) atoms. The Labute approximate surface area is 94.4 Å². The van der Waals surface area contributed by atoms with Gasteiger partial charge in [0.15, 0.2) is 0 Å². The lowest BCUT2D eigenvalue weighted by Gasteiger charge is -2.22. The average molecular weight is 224 g/mol. The highest BCUT2D eigenvalue weighted by Crippen LogP contribution is 2.07. The molecule has 1 rings (SSSR count). The van der Waals surface area contributed by atoms with Gasteiger partial charge in [-0.25, -0.2) is 0 Å². The molecule has 1 aliphatic rings. The lowest BCUT2D eigenvalue weighted by molar-refractivity contribution is -0.119. The van der Waals surface area contributed by atoms with Crippen LogP contribution in [0.2, 0.25) is 0 Å². The van der Waals surface area contributed by atoms with Crippen molar-refractivity contribution in [2.45, 2.75) is 6.92 Å². The molecule has 0 aromatic heterocycles. The molecule has 1 amide bonds. The van der Waals surface area contributed by atoms with E-state index in [1.807, 2.05) is 0 Å². The number of Topliss-reactive ketones (excluding diaryl/α,β-unsaturated/α-hetero) is 1. The molecule has 0 saturated carbocycles. The van der Waals surface area contributed by atoms with E-state index < -0.39 is 0 Å². The first-order valence-corrected chi connectivity index (χ1v) is 5.13. The van der Waals surface area contributed by atoms with E-state index in [9.17, 15) is 9.59 Å². The maximum Gasteiger partial charge on any atom is 0.249 e. The van der Waals surface area contributed by atoms with Crippen molar-refractivity contribution in [1.29, 1.82) is 0 Å². The Balaban J connectivity index is 2.50. The second-order valence-electron chi connectivity index (χ2n) is 3.62. The van der Waals surface area contributed by atoms with E-state index in [-0.39, 0.29) is 24.8 Å². The number of allylic oxidation sites excluding steroid dienone is 2. The summed E-state index contributed by atoms with van der Waals surface area (Å²) < 4.78 is 0. The van der Waals surface area contributed by atoms with Crippen molar-refractivity contribution < 1.29 is 14.7 Å². The molecule has 0 unspecified atom stereocenters. The number of nitrogens with one attached hydrogen (secondary N) is 1. The van der Waals surface area contributed by atoms with Crippen LogP contribution in [0.4, 0.5) is 0 Å². The van der Waals surface area contributed by atoms with Gasteiger partial charge in [-0.15, -0.1) is 0 Å². The fraction of sp³-hybridized carbons (Fsp3) is 0.455. The minimum absolute atomic E-state index is 0.0571. The van der Waals surface area contributed by atoms with Gasteiger partial charge in [-0.2, -0.15) is 0 Å². The van der Waals surface area contributed by atoms with Gasteiger partial charge in [0.2, 0.25) is 5.91 Å². The van der Waals surface area contributed by atoms with Gasteiger partial charge in [-0.1, -0.05) is 6.08 Å². The minimum atomic E-state index is -0.202. The molecule has 0 aromatic rings. The molecule has 0 aliphatic carbocycles. The van der Waals surface area contributed by atoms with Crippen molar-refractivity contribution in [3.63, 3.8) is 0 Å². The van der Waals surface area contributed by atoms with Crippen molar-refractivity contribution in [1.82, 2.24) is 10.2 Å². The topological polar surface area (TPSA) is 69.6 Å². The van der Waals surface area contributed by atoms with Gasteiger partial charge in [-0.3, -0.25) is 9.59 Å². The van der Waals surface area contributed by atoms with Crippen LogP contribution in [0.5, 0.6) is 0 Å². The molecule has 0 radical (unpaired) electrons. The van der Waals surface area contributed by atoms with E-state index in [0.717, 1.165) is 0 Å². The zero-order valence-electron chi connectivity index (χ0n) is 9.27. The van der Waals surface area contributed by atoms with Crippen molar-refractivity contribution in [3.05, 3.63) is 23.9 Å². The van der Waals surface area contributed by atoms with Crippen molar-refractivity contribution >= 4 is 11.7 Å². The van der Waals surface area contributed by atoms with Gasteiger partial charge in [0.05, 0.1) is 13.2 Å². The summed E-state index contributed by atoms with van der Waals surface area (Å²) in [7, 11) is 0. The van der Waals surface area contributed by atoms with E-state index in [0.29, 0.717) is 18.7 Å². The molecule has 5 nitrogen and oxygen atoms in total. The summed E-state index contributed by atoms with van der Waals surface area (Å²) in [6.45, 7) is 2.41. The molecule has 0 saturated heterocycles. The van der Waals surface area contributed by atoms with Gasteiger partial charge >= 0.3 is 0 Å². The zero-order chi connectivity index (χ0) is 12.0. The molecular formula is C11H16N2O3. The largest absolute Gasteiger partial charge is 0.395 e. The molecule has 0 atom stereocenters. The van der Waals surface area contributed by atoms with E-state index >= 15 is 0 Å². The number of hydrogen-bond donors (Lipinski definition) is 2. The van der Waals surface area contributed by atoms with Crippen LogP contribution in [-0.2, 0) is 9.59 Å². The Morgan fingerprint density at radius 1 is 1.56 bits per heavy atom. The third kappa shape index (κ3) is 3.86. The van der Waals surface area contributed by atoms with Gasteiger partial charge in [-0.05, 0) is 19.2 Å². The SMILES string of the molecule is CC(=O)CN1C=CC=C(C(=O)NCCO)C1. The highest BCUT2D eigenvalue weighted by Gasteiger charge is 2.14. The average Bonchev–Trinajstić information content (AvgIpc) is 2.25. The number of aliphatic hydroxyl groups is 1. The maximum absolute atomic E-state index is 11.6. The number of nitrogens with zero attached hydrogens (tertiary/aromatic N) is 1. The third-order valence-electron chi connectivity index (χ3n) is 2.08. The Bertz CT molecular complexity index is 334. The molecule has 88 valence electrons. The smallest absolute Gasteiger partial charge is 0.249 e. The normalized spacial score (nSPS) is 14.6. The molecule has 0 fully saturated rings. The summed E-state index contributed by atoms with van der Waals surface area (Å²) in [5, 5.41) is 11.2. The lowest BCUT2D eigenvalue weighted by Crippen LogP contribution is -2.35. The summed E-state index contributed by atoms with van der Waals surface area (Å²) in [4.78, 5) is 24.3. The fourth-order valence-electron chi connectivity index (χ4n) is 1.43. The molecule has 2 N–H and O–H groups in total. The Morgan fingerprint density at radius 2 is 2.31 bits per heavy atom. The van der Waals surface area contributed by atoms with E-state index in [2.05, 4.69) is 5.32 Å². The van der Waals surface area contributed by atoms with Gasteiger partial charge in [0.25, 0.3) is 0 Å². The van der Waals surface area contributed by atoms with Crippen LogP contribution >= 0.6 is 0 Å². The Hall–Kier alpha value is -1.62. The fourth-order valence-corrected chi connectivity index (χ4v) is 1.43. The number of ketones is 1. The standard InChI is InChI=1S/C11H16N2O3/c1-9(15)7-13-5-2-3-10(8-13)11(16)12-4-6-14/h2-3,5,14H,4,6-8H2,1H3,(H,12,16). The predicted octanol–water partition coefficient (Wildman–Crippen LogP) is -0.560. The van der Waals surface area contributed by atoms with Crippen molar-refractivity contribution in [3.8, 4) is 0 Å². The summed E-state index contributed by atoms with van der Waals surface area (Å²) in [6.07, 6.45) is 5.23. The van der Waals surface area contributed by atoms with Crippen LogP contribution in [0.15, 0.2) is 23.9 Å². The van der Waals surface area contributed by atoms with Crippen LogP contribution in [0, 0.1) is 0 Å². The van der Waals surface area contributed by atoms with E-state index in [4.69, 9.17) is 5.11 Å². The second kappa shape index (κ2) is 6.07. The van der Waals surface area contributed by atoms with Crippen LogP contribution in [0.1, 0.15) is 6.92 Å². The Kier molecular flexibility index (Phi) is 4.72. The summed E-state index contributed by atoms with van der Waals surface area (Å²) >= 11 is 0. The molecule has 0 aromatic carbocycles. The highest BCUT2D eigenvalue weighted by atomic mass is 16.3. The van der Waals surface area contributed by atoms with E-state index in [1.165, 1.54) is 6.92 Å².